The summed E-state index contributed by atoms with van der Waals surface area (Å²) in [5.74, 6) is -0.295. The van der Waals surface area contributed by atoms with E-state index >= 15 is 0 Å². The predicted octanol–water partition coefficient (Wildman–Crippen LogP) is 4.76. The third-order valence-corrected chi connectivity index (χ3v) is 5.80. The number of aryl methyl sites for hydroxylation is 3. The third kappa shape index (κ3) is 5.15. The van der Waals surface area contributed by atoms with Gasteiger partial charge in [-0.05, 0) is 50.1 Å². The average molecular weight is 408 g/mol. The number of nitrogens with zero attached hydrogens (tertiary/aromatic N) is 2. The van der Waals surface area contributed by atoms with Crippen LogP contribution < -0.4 is 5.32 Å². The molecule has 0 aliphatic carbocycles. The molecule has 0 aromatic heterocycles. The van der Waals surface area contributed by atoms with Gasteiger partial charge in [-0.25, -0.2) is 4.99 Å². The molecule has 3 rings (SSSR count). The molecule has 1 saturated heterocycles. The lowest BCUT2D eigenvalue weighted by Crippen LogP contribution is -2.33. The number of nitrogens with one attached hydrogen (secondary N) is 1. The number of amidine groups is 1. The van der Waals surface area contributed by atoms with Crippen molar-refractivity contribution in [1.82, 2.24) is 4.90 Å². The Bertz CT molecular complexity index is 967. The fraction of sp³-hybridized carbons (Fsp3) is 0.261. The smallest absolute Gasteiger partial charge is 0.242 e. The number of hydrogen-bond donors (Lipinski definition) is 1. The number of carbonyl (C=O) groups is 2. The number of carbonyl (C=O) groups excluding carboxylic acids is 2. The van der Waals surface area contributed by atoms with E-state index in [2.05, 4.69) is 16.9 Å². The quantitative estimate of drug-likeness (QED) is 0.703. The lowest BCUT2D eigenvalue weighted by atomic mass is 10.1. The Balaban J connectivity index is 1.75. The molecule has 0 radical (unpaired) electrons. The van der Waals surface area contributed by atoms with Gasteiger partial charge in [-0.15, -0.1) is 6.58 Å². The number of benzene rings is 2. The molecule has 150 valence electrons. The summed E-state index contributed by atoms with van der Waals surface area (Å²) in [4.78, 5) is 31.7. The van der Waals surface area contributed by atoms with Crippen LogP contribution >= 0.6 is 11.8 Å². The van der Waals surface area contributed by atoms with Gasteiger partial charge in [0.25, 0.3) is 0 Å². The first kappa shape index (κ1) is 20.9. The largest absolute Gasteiger partial charge is 0.326 e. The van der Waals surface area contributed by atoms with E-state index in [-0.39, 0.29) is 18.2 Å². The molecule has 6 heteroatoms. The van der Waals surface area contributed by atoms with E-state index in [1.807, 2.05) is 63.2 Å². The van der Waals surface area contributed by atoms with Crippen LogP contribution in [0.15, 0.2) is 60.1 Å². The maximum absolute atomic E-state index is 12.9. The molecule has 1 atom stereocenters. The van der Waals surface area contributed by atoms with Gasteiger partial charge in [0.15, 0.2) is 5.17 Å². The molecular weight excluding hydrogens is 382 g/mol. The summed E-state index contributed by atoms with van der Waals surface area (Å²) < 4.78 is 0. The Kier molecular flexibility index (Phi) is 6.54. The van der Waals surface area contributed by atoms with Crippen molar-refractivity contribution in [3.8, 4) is 0 Å². The van der Waals surface area contributed by atoms with Crippen LogP contribution in [0, 0.1) is 20.8 Å². The van der Waals surface area contributed by atoms with Gasteiger partial charge in [-0.1, -0.05) is 47.7 Å². The van der Waals surface area contributed by atoms with E-state index in [0.717, 1.165) is 28.1 Å². The molecule has 2 amide bonds. The molecule has 1 aliphatic heterocycles. The SMILES string of the molecule is C=CCN1C(=O)[C@@H](CC(=O)Nc2cc(C)ccc2C)SC1=Nc1ccc(C)cc1. The van der Waals surface area contributed by atoms with Crippen molar-refractivity contribution in [1.29, 1.82) is 0 Å². The van der Waals surface area contributed by atoms with E-state index in [1.165, 1.54) is 11.8 Å². The van der Waals surface area contributed by atoms with Gasteiger partial charge < -0.3 is 5.32 Å². The fourth-order valence-corrected chi connectivity index (χ4v) is 4.16. The highest BCUT2D eigenvalue weighted by Crippen LogP contribution is 2.32. The van der Waals surface area contributed by atoms with Crippen LogP contribution in [-0.2, 0) is 9.59 Å². The predicted molar refractivity (Wildman–Crippen MR) is 121 cm³/mol. The molecule has 2 aromatic rings. The van der Waals surface area contributed by atoms with E-state index in [9.17, 15) is 9.59 Å². The van der Waals surface area contributed by atoms with Gasteiger partial charge >= 0.3 is 0 Å². The number of hydrogen-bond acceptors (Lipinski definition) is 4. The van der Waals surface area contributed by atoms with Gasteiger partial charge in [0.1, 0.15) is 5.25 Å². The minimum absolute atomic E-state index is 0.0947. The van der Waals surface area contributed by atoms with E-state index in [1.54, 1.807) is 11.0 Å². The molecule has 1 heterocycles. The van der Waals surface area contributed by atoms with Gasteiger partial charge in [-0.2, -0.15) is 0 Å². The number of rotatable bonds is 6. The van der Waals surface area contributed by atoms with E-state index in [4.69, 9.17) is 0 Å². The molecule has 2 aromatic carbocycles. The standard InChI is InChI=1S/C23H25N3O2S/c1-5-12-26-22(28)20(29-23(26)24-18-10-7-15(2)8-11-18)14-21(27)25-19-13-16(3)6-9-17(19)4/h5-11,13,20H,1,12,14H2,2-4H3,(H,25,27)/t20-/m1/s1. The van der Waals surface area contributed by atoms with Crippen molar-refractivity contribution in [3.63, 3.8) is 0 Å². The number of amides is 2. The van der Waals surface area contributed by atoms with E-state index in [0.29, 0.717) is 11.7 Å². The lowest BCUT2D eigenvalue weighted by molar-refractivity contribution is -0.127. The third-order valence-electron chi connectivity index (χ3n) is 4.63. The number of anilines is 1. The molecule has 0 unspecified atom stereocenters. The fourth-order valence-electron chi connectivity index (χ4n) is 2.99. The minimum atomic E-state index is -0.496. The topological polar surface area (TPSA) is 61.8 Å². The molecule has 5 nitrogen and oxygen atoms in total. The highest BCUT2D eigenvalue weighted by Gasteiger charge is 2.38. The van der Waals surface area contributed by atoms with Crippen molar-refractivity contribution in [2.45, 2.75) is 32.4 Å². The molecule has 1 fully saturated rings. The van der Waals surface area contributed by atoms with Crippen molar-refractivity contribution in [2.75, 3.05) is 11.9 Å². The van der Waals surface area contributed by atoms with Crippen LogP contribution in [0.5, 0.6) is 0 Å². The monoisotopic (exact) mass is 407 g/mol. The second kappa shape index (κ2) is 9.09. The average Bonchev–Trinajstić information content (AvgIpc) is 2.95. The van der Waals surface area contributed by atoms with Crippen LogP contribution in [0.1, 0.15) is 23.1 Å². The molecule has 0 saturated carbocycles. The van der Waals surface area contributed by atoms with E-state index < -0.39 is 5.25 Å². The summed E-state index contributed by atoms with van der Waals surface area (Å²) in [6, 6.07) is 13.7. The van der Waals surface area contributed by atoms with Crippen LogP contribution in [0.4, 0.5) is 11.4 Å². The molecule has 1 aliphatic rings. The molecular formula is C23H25N3O2S. The first-order chi connectivity index (χ1) is 13.9. The summed E-state index contributed by atoms with van der Waals surface area (Å²) >= 11 is 1.33. The van der Waals surface area contributed by atoms with Gasteiger partial charge in [-0.3, -0.25) is 14.5 Å². The zero-order valence-electron chi connectivity index (χ0n) is 16.9. The van der Waals surface area contributed by atoms with Crippen molar-refractivity contribution in [2.24, 2.45) is 4.99 Å². The molecule has 0 bridgehead atoms. The Hall–Kier alpha value is -2.86. The highest BCUT2D eigenvalue weighted by molar-refractivity contribution is 8.15. The Labute approximate surface area is 175 Å². The van der Waals surface area contributed by atoms with Gasteiger partial charge in [0.2, 0.25) is 11.8 Å². The Morgan fingerprint density at radius 2 is 1.86 bits per heavy atom. The summed E-state index contributed by atoms with van der Waals surface area (Å²) in [6.45, 7) is 10.0. The van der Waals surface area contributed by atoms with Gasteiger partial charge in [0, 0.05) is 18.7 Å². The number of aliphatic imine (C=N–C) groups is 1. The highest BCUT2D eigenvalue weighted by atomic mass is 32.2. The minimum Gasteiger partial charge on any atom is -0.326 e. The van der Waals surface area contributed by atoms with Crippen molar-refractivity contribution in [3.05, 3.63) is 71.8 Å². The van der Waals surface area contributed by atoms with Crippen LogP contribution in [0.2, 0.25) is 0 Å². The molecule has 0 spiro atoms. The lowest BCUT2D eigenvalue weighted by Gasteiger charge is -2.14. The van der Waals surface area contributed by atoms with Gasteiger partial charge in [0.05, 0.1) is 5.69 Å². The van der Waals surface area contributed by atoms with Crippen LogP contribution in [0.3, 0.4) is 0 Å². The summed E-state index contributed by atoms with van der Waals surface area (Å²) in [5.41, 5.74) is 4.77. The maximum Gasteiger partial charge on any atom is 0.242 e. The number of thioether (sulfide) groups is 1. The zero-order chi connectivity index (χ0) is 21.0. The summed E-state index contributed by atoms with van der Waals surface area (Å²) in [6.07, 6.45) is 1.76. The van der Waals surface area contributed by atoms with Crippen LogP contribution in [0.25, 0.3) is 0 Å². The zero-order valence-corrected chi connectivity index (χ0v) is 17.8. The first-order valence-electron chi connectivity index (χ1n) is 9.49. The maximum atomic E-state index is 12.9. The Morgan fingerprint density at radius 1 is 1.17 bits per heavy atom. The normalized spacial score (nSPS) is 17.6. The van der Waals surface area contributed by atoms with Crippen molar-refractivity contribution < 1.29 is 9.59 Å². The second-order valence-corrected chi connectivity index (χ2v) is 8.31. The summed E-state index contributed by atoms with van der Waals surface area (Å²) in [5, 5.41) is 3.04. The molecule has 1 N–H and O–H groups in total. The Morgan fingerprint density at radius 3 is 2.55 bits per heavy atom. The second-order valence-electron chi connectivity index (χ2n) is 7.14. The van der Waals surface area contributed by atoms with Crippen LogP contribution in [-0.4, -0.2) is 33.7 Å². The first-order valence-corrected chi connectivity index (χ1v) is 10.4. The molecule has 29 heavy (non-hydrogen) atoms. The summed E-state index contributed by atoms with van der Waals surface area (Å²) in [7, 11) is 0. The van der Waals surface area contributed by atoms with Crippen molar-refractivity contribution >= 4 is 40.1 Å².